The third-order valence-electron chi connectivity index (χ3n) is 14.2. The summed E-state index contributed by atoms with van der Waals surface area (Å²) in [5.74, 6) is -0.938. The van der Waals surface area contributed by atoms with Crippen LogP contribution in [-0.2, 0) is 28.6 Å². The van der Waals surface area contributed by atoms with E-state index in [4.69, 9.17) is 14.2 Å². The molecule has 6 nitrogen and oxygen atoms in total. The van der Waals surface area contributed by atoms with Gasteiger partial charge in [0.15, 0.2) is 6.10 Å². The Kier molecular flexibility index (Phi) is 63.8. The molecule has 0 aromatic rings. The number of unbranched alkanes of at least 4 members (excludes halogenated alkanes) is 29. The van der Waals surface area contributed by atoms with Crippen LogP contribution in [-0.4, -0.2) is 37.2 Å². The van der Waals surface area contributed by atoms with E-state index >= 15 is 0 Å². The molecular weight excluding hydrogens is 985 g/mol. The zero-order valence-corrected chi connectivity index (χ0v) is 52.3. The summed E-state index contributed by atoms with van der Waals surface area (Å²) < 4.78 is 16.9. The zero-order chi connectivity index (χ0) is 57.8. The standard InChI is InChI=1S/C74H124O6/c1-4-7-10-13-16-19-22-25-28-30-32-33-34-35-36-37-38-39-40-41-42-44-46-49-52-55-58-61-64-67-73(76)79-70-71(69-78-72(75)66-63-60-57-54-51-48-45-27-24-21-18-15-12-9-6-3)80-74(77)68-65-62-59-56-53-50-47-43-31-29-26-23-20-17-14-11-8-5-2/h7,9-10,12,16,18-21,23,25,27-29,31-33,45,51,54,71H,4-6,8,11,13-15,17,22,24,26,30,34-44,46-50,52-53,55-70H2,1-3H3/b10-7-,12-9-,19-16-,21-18-,23-20-,28-25-,31-29-,33-32-,45-27-,54-51-. The van der Waals surface area contributed by atoms with Crippen LogP contribution in [0.2, 0.25) is 0 Å². The van der Waals surface area contributed by atoms with E-state index in [0.29, 0.717) is 19.3 Å². The maximum atomic E-state index is 12.9. The van der Waals surface area contributed by atoms with Crippen molar-refractivity contribution in [3.05, 3.63) is 122 Å². The molecule has 0 amide bonds. The van der Waals surface area contributed by atoms with Gasteiger partial charge in [0, 0.05) is 19.3 Å². The molecule has 0 aliphatic heterocycles. The lowest BCUT2D eigenvalue weighted by atomic mass is 10.0. The molecule has 0 saturated carbocycles. The summed E-state index contributed by atoms with van der Waals surface area (Å²) in [7, 11) is 0. The Balaban J connectivity index is 4.31. The summed E-state index contributed by atoms with van der Waals surface area (Å²) in [6.45, 7) is 6.38. The topological polar surface area (TPSA) is 78.9 Å². The van der Waals surface area contributed by atoms with Crippen LogP contribution in [0.25, 0.3) is 0 Å². The molecule has 0 heterocycles. The molecule has 0 saturated heterocycles. The molecular formula is C74H124O6. The van der Waals surface area contributed by atoms with E-state index in [1.165, 1.54) is 148 Å². The van der Waals surface area contributed by atoms with Gasteiger partial charge in [0.2, 0.25) is 0 Å². The number of carbonyl (C=O) groups excluding carboxylic acids is 3. The second-order valence-electron chi connectivity index (χ2n) is 22.0. The first kappa shape index (κ1) is 75.8. The molecule has 1 unspecified atom stereocenters. The minimum absolute atomic E-state index is 0.0948. The first-order chi connectivity index (χ1) is 39.5. The predicted octanol–water partition coefficient (Wildman–Crippen LogP) is 23.2. The summed E-state index contributed by atoms with van der Waals surface area (Å²) >= 11 is 0. The number of rotatable bonds is 60. The summed E-state index contributed by atoms with van der Waals surface area (Å²) in [6.07, 6.45) is 93.6. The van der Waals surface area contributed by atoms with Crippen molar-refractivity contribution in [2.24, 2.45) is 0 Å². The number of hydrogen-bond acceptors (Lipinski definition) is 6. The van der Waals surface area contributed by atoms with Gasteiger partial charge in [-0.15, -0.1) is 0 Å². The van der Waals surface area contributed by atoms with E-state index in [-0.39, 0.29) is 31.1 Å². The molecule has 1 atom stereocenters. The highest BCUT2D eigenvalue weighted by molar-refractivity contribution is 5.71. The van der Waals surface area contributed by atoms with Gasteiger partial charge in [0.25, 0.3) is 0 Å². The molecule has 0 rings (SSSR count). The van der Waals surface area contributed by atoms with Crippen molar-refractivity contribution in [3.8, 4) is 0 Å². The molecule has 6 heteroatoms. The Labute approximate surface area is 494 Å². The highest BCUT2D eigenvalue weighted by atomic mass is 16.6. The normalized spacial score (nSPS) is 12.9. The molecule has 0 fully saturated rings. The molecule has 0 radical (unpaired) electrons. The summed E-state index contributed by atoms with van der Waals surface area (Å²) in [6, 6.07) is 0. The van der Waals surface area contributed by atoms with Crippen LogP contribution in [0.15, 0.2) is 122 Å². The fourth-order valence-electron chi connectivity index (χ4n) is 9.22. The molecule has 0 aromatic carbocycles. The molecule has 80 heavy (non-hydrogen) atoms. The summed E-state index contributed by atoms with van der Waals surface area (Å²) in [4.78, 5) is 38.4. The van der Waals surface area contributed by atoms with Gasteiger partial charge < -0.3 is 14.2 Å². The Morgan fingerprint density at radius 2 is 0.487 bits per heavy atom. The second kappa shape index (κ2) is 67.3. The first-order valence-corrected chi connectivity index (χ1v) is 33.5. The number of hydrogen-bond donors (Lipinski definition) is 0. The van der Waals surface area contributed by atoms with Crippen molar-refractivity contribution in [2.75, 3.05) is 13.2 Å². The highest BCUT2D eigenvalue weighted by Crippen LogP contribution is 2.16. The maximum Gasteiger partial charge on any atom is 0.306 e. The van der Waals surface area contributed by atoms with Crippen molar-refractivity contribution in [1.29, 1.82) is 0 Å². The van der Waals surface area contributed by atoms with Gasteiger partial charge in [-0.25, -0.2) is 0 Å². The van der Waals surface area contributed by atoms with Crippen LogP contribution in [0.4, 0.5) is 0 Å². The fourth-order valence-corrected chi connectivity index (χ4v) is 9.22. The van der Waals surface area contributed by atoms with Crippen LogP contribution >= 0.6 is 0 Å². The van der Waals surface area contributed by atoms with Crippen LogP contribution < -0.4 is 0 Å². The average molecular weight is 1110 g/mol. The Hall–Kier alpha value is -4.19. The Morgan fingerprint density at radius 1 is 0.263 bits per heavy atom. The lowest BCUT2D eigenvalue weighted by Gasteiger charge is -2.18. The second-order valence-corrected chi connectivity index (χ2v) is 22.0. The van der Waals surface area contributed by atoms with Crippen LogP contribution in [0, 0.1) is 0 Å². The van der Waals surface area contributed by atoms with Crippen LogP contribution in [0.3, 0.4) is 0 Å². The number of esters is 3. The SMILES string of the molecule is CC/C=C\C/C=C\C/C=C\C/C=C\CCCCCCCCCCCCCCCCCCC(=O)OCC(COC(=O)CCCC/C=C\C/C=C\C/C=C\C/C=C\CC)OC(=O)CCCCCCCCC/C=C\C/C=C\CCCCCC. The van der Waals surface area contributed by atoms with Gasteiger partial charge in [0.05, 0.1) is 0 Å². The minimum atomic E-state index is -0.803. The fraction of sp³-hybridized carbons (Fsp3) is 0.689. The molecule has 0 bridgehead atoms. The summed E-state index contributed by atoms with van der Waals surface area (Å²) in [5, 5.41) is 0. The lowest BCUT2D eigenvalue weighted by molar-refractivity contribution is -0.167. The molecule has 0 spiro atoms. The van der Waals surface area contributed by atoms with Crippen LogP contribution in [0.1, 0.15) is 310 Å². The third-order valence-corrected chi connectivity index (χ3v) is 14.2. The number of ether oxygens (including phenoxy) is 3. The van der Waals surface area contributed by atoms with Crippen molar-refractivity contribution in [3.63, 3.8) is 0 Å². The monoisotopic (exact) mass is 1110 g/mol. The maximum absolute atomic E-state index is 12.9. The highest BCUT2D eigenvalue weighted by Gasteiger charge is 2.19. The van der Waals surface area contributed by atoms with E-state index in [0.717, 1.165) is 122 Å². The molecule has 0 N–H and O–H groups in total. The molecule has 0 aliphatic carbocycles. The minimum Gasteiger partial charge on any atom is -0.462 e. The van der Waals surface area contributed by atoms with Crippen molar-refractivity contribution in [1.82, 2.24) is 0 Å². The van der Waals surface area contributed by atoms with E-state index in [1.807, 2.05) is 0 Å². The van der Waals surface area contributed by atoms with Gasteiger partial charge in [-0.05, 0) is 128 Å². The van der Waals surface area contributed by atoms with E-state index in [9.17, 15) is 14.4 Å². The molecule has 0 aliphatic rings. The van der Waals surface area contributed by atoms with E-state index in [2.05, 4.69) is 142 Å². The Bertz CT molecular complexity index is 1650. The smallest absolute Gasteiger partial charge is 0.306 e. The van der Waals surface area contributed by atoms with Crippen molar-refractivity contribution in [2.45, 2.75) is 316 Å². The van der Waals surface area contributed by atoms with Gasteiger partial charge in [-0.2, -0.15) is 0 Å². The van der Waals surface area contributed by atoms with Gasteiger partial charge >= 0.3 is 17.9 Å². The van der Waals surface area contributed by atoms with Crippen LogP contribution in [0.5, 0.6) is 0 Å². The van der Waals surface area contributed by atoms with Crippen molar-refractivity contribution < 1.29 is 28.6 Å². The van der Waals surface area contributed by atoms with Gasteiger partial charge in [-0.1, -0.05) is 284 Å². The largest absolute Gasteiger partial charge is 0.462 e. The summed E-state index contributed by atoms with van der Waals surface area (Å²) in [5.41, 5.74) is 0. The average Bonchev–Trinajstić information content (AvgIpc) is 3.46. The van der Waals surface area contributed by atoms with E-state index in [1.54, 1.807) is 0 Å². The van der Waals surface area contributed by atoms with E-state index < -0.39 is 6.10 Å². The predicted molar refractivity (Wildman–Crippen MR) is 348 cm³/mol. The quantitative estimate of drug-likeness (QED) is 0.0261. The number of allylic oxidation sites excluding steroid dienone is 20. The Morgan fingerprint density at radius 3 is 0.787 bits per heavy atom. The lowest BCUT2D eigenvalue weighted by Crippen LogP contribution is -2.30. The first-order valence-electron chi connectivity index (χ1n) is 33.5. The number of carbonyl (C=O) groups is 3. The third kappa shape index (κ3) is 64.6. The van der Waals surface area contributed by atoms with Crippen molar-refractivity contribution >= 4 is 17.9 Å². The van der Waals surface area contributed by atoms with Gasteiger partial charge in [-0.3, -0.25) is 14.4 Å². The molecule has 0 aromatic heterocycles. The zero-order valence-electron chi connectivity index (χ0n) is 52.3. The molecule has 456 valence electrons. The van der Waals surface area contributed by atoms with Gasteiger partial charge in [0.1, 0.15) is 13.2 Å².